The fraction of sp³-hybridized carbons (Fsp3) is 0.538. The third kappa shape index (κ3) is 2.57. The molecule has 0 unspecified atom stereocenters. The van der Waals surface area contributed by atoms with E-state index in [4.69, 9.17) is 5.11 Å². The number of aromatic nitrogens is 1. The van der Waals surface area contributed by atoms with Gasteiger partial charge < -0.3 is 9.67 Å². The van der Waals surface area contributed by atoms with Crippen molar-refractivity contribution in [1.29, 1.82) is 0 Å². The Labute approximate surface area is 100 Å². The molecular formula is C13H17NO3. The summed E-state index contributed by atoms with van der Waals surface area (Å²) in [5.74, 6) is -0.319. The SMILES string of the molecule is CC(=O)c1cc(C(=O)O)n(CCC2CCC2)c1. The van der Waals surface area contributed by atoms with Crippen LogP contribution >= 0.6 is 0 Å². The van der Waals surface area contributed by atoms with Gasteiger partial charge in [0, 0.05) is 18.3 Å². The number of aromatic carboxylic acids is 1. The van der Waals surface area contributed by atoms with Crippen LogP contribution in [0.15, 0.2) is 12.3 Å². The van der Waals surface area contributed by atoms with E-state index in [2.05, 4.69) is 0 Å². The molecule has 4 nitrogen and oxygen atoms in total. The Kier molecular flexibility index (Phi) is 3.31. The molecule has 0 aromatic carbocycles. The van der Waals surface area contributed by atoms with Crippen LogP contribution in [0.25, 0.3) is 0 Å². The highest BCUT2D eigenvalue weighted by Gasteiger charge is 2.19. The van der Waals surface area contributed by atoms with E-state index in [-0.39, 0.29) is 11.5 Å². The van der Waals surface area contributed by atoms with Crippen LogP contribution in [0.3, 0.4) is 0 Å². The van der Waals surface area contributed by atoms with Crippen molar-refractivity contribution in [3.8, 4) is 0 Å². The van der Waals surface area contributed by atoms with E-state index in [0.29, 0.717) is 12.1 Å². The van der Waals surface area contributed by atoms with E-state index >= 15 is 0 Å². The summed E-state index contributed by atoms with van der Waals surface area (Å²) in [5.41, 5.74) is 0.700. The largest absolute Gasteiger partial charge is 0.477 e. The van der Waals surface area contributed by atoms with Gasteiger partial charge in [0.2, 0.25) is 0 Å². The normalized spacial score (nSPS) is 15.6. The molecule has 1 aliphatic carbocycles. The molecule has 1 aliphatic rings. The van der Waals surface area contributed by atoms with Crippen molar-refractivity contribution in [2.75, 3.05) is 0 Å². The third-order valence-electron chi connectivity index (χ3n) is 3.53. The molecule has 1 fully saturated rings. The van der Waals surface area contributed by atoms with Crippen molar-refractivity contribution < 1.29 is 14.7 Å². The first-order valence-electron chi connectivity index (χ1n) is 6.02. The van der Waals surface area contributed by atoms with Gasteiger partial charge in [-0.15, -0.1) is 0 Å². The predicted octanol–water partition coefficient (Wildman–Crippen LogP) is 2.58. The standard InChI is InChI=1S/C13H17NO3/c1-9(15)11-7-12(13(16)17)14(8-11)6-5-10-3-2-4-10/h7-8,10H,2-6H2,1H3,(H,16,17). The Bertz CT molecular complexity index is 444. The number of carboxylic acids is 1. The van der Waals surface area contributed by atoms with Gasteiger partial charge >= 0.3 is 5.97 Å². The first-order valence-corrected chi connectivity index (χ1v) is 6.02. The van der Waals surface area contributed by atoms with Crippen molar-refractivity contribution >= 4 is 11.8 Å². The number of carbonyl (C=O) groups is 2. The maximum atomic E-state index is 11.2. The fourth-order valence-electron chi connectivity index (χ4n) is 2.17. The van der Waals surface area contributed by atoms with Crippen LogP contribution in [0.2, 0.25) is 0 Å². The van der Waals surface area contributed by atoms with Crippen molar-refractivity contribution in [3.05, 3.63) is 23.5 Å². The number of ketones is 1. The van der Waals surface area contributed by atoms with Gasteiger partial charge in [-0.05, 0) is 25.3 Å². The number of carboxylic acid groups (broad SMARTS) is 1. The zero-order valence-corrected chi connectivity index (χ0v) is 9.98. The molecule has 1 heterocycles. The molecule has 0 aliphatic heterocycles. The summed E-state index contributed by atoms with van der Waals surface area (Å²) in [6.07, 6.45) is 6.46. The highest BCUT2D eigenvalue weighted by molar-refractivity contribution is 5.97. The molecule has 0 atom stereocenters. The van der Waals surface area contributed by atoms with E-state index in [1.165, 1.54) is 32.3 Å². The second kappa shape index (κ2) is 4.73. The number of carbonyl (C=O) groups excluding carboxylic acids is 1. The topological polar surface area (TPSA) is 59.3 Å². The Morgan fingerprint density at radius 3 is 2.65 bits per heavy atom. The Hall–Kier alpha value is -1.58. The lowest BCUT2D eigenvalue weighted by Gasteiger charge is -2.25. The lowest BCUT2D eigenvalue weighted by molar-refractivity contribution is 0.0684. The maximum Gasteiger partial charge on any atom is 0.352 e. The molecule has 2 rings (SSSR count). The van der Waals surface area contributed by atoms with Gasteiger partial charge in [0.1, 0.15) is 5.69 Å². The summed E-state index contributed by atoms with van der Waals surface area (Å²) in [5, 5.41) is 9.07. The van der Waals surface area contributed by atoms with Crippen LogP contribution in [0.4, 0.5) is 0 Å². The first kappa shape index (κ1) is 11.9. The van der Waals surface area contributed by atoms with Crippen LogP contribution < -0.4 is 0 Å². The highest BCUT2D eigenvalue weighted by Crippen LogP contribution is 2.30. The van der Waals surface area contributed by atoms with E-state index in [1.54, 1.807) is 10.8 Å². The summed E-state index contributed by atoms with van der Waals surface area (Å²) < 4.78 is 1.69. The van der Waals surface area contributed by atoms with Gasteiger partial charge in [0.15, 0.2) is 5.78 Å². The number of Topliss-reactive ketones (excluding diaryl/α,β-unsaturated/α-hetero) is 1. The summed E-state index contributed by atoms with van der Waals surface area (Å²) in [7, 11) is 0. The van der Waals surface area contributed by atoms with Gasteiger partial charge in [-0.2, -0.15) is 0 Å². The summed E-state index contributed by atoms with van der Waals surface area (Å²) in [6.45, 7) is 2.15. The van der Waals surface area contributed by atoms with Gasteiger partial charge in [-0.3, -0.25) is 4.79 Å². The molecule has 0 radical (unpaired) electrons. The van der Waals surface area contributed by atoms with E-state index < -0.39 is 5.97 Å². The van der Waals surface area contributed by atoms with Gasteiger partial charge in [-0.1, -0.05) is 19.3 Å². The molecular weight excluding hydrogens is 218 g/mol. The van der Waals surface area contributed by atoms with Gasteiger partial charge in [0.05, 0.1) is 0 Å². The number of hydrogen-bond acceptors (Lipinski definition) is 2. The van der Waals surface area contributed by atoms with Crippen LogP contribution in [0.5, 0.6) is 0 Å². The van der Waals surface area contributed by atoms with Crippen LogP contribution in [0, 0.1) is 5.92 Å². The lowest BCUT2D eigenvalue weighted by atomic mass is 9.83. The number of nitrogens with zero attached hydrogens (tertiary/aromatic N) is 1. The molecule has 0 saturated heterocycles. The Morgan fingerprint density at radius 1 is 1.47 bits per heavy atom. The molecule has 17 heavy (non-hydrogen) atoms. The van der Waals surface area contributed by atoms with E-state index in [1.807, 2.05) is 0 Å². The second-order valence-electron chi connectivity index (χ2n) is 4.75. The lowest BCUT2D eigenvalue weighted by Crippen LogP contribution is -2.15. The number of hydrogen-bond donors (Lipinski definition) is 1. The summed E-state index contributed by atoms with van der Waals surface area (Å²) >= 11 is 0. The molecule has 0 bridgehead atoms. The third-order valence-corrected chi connectivity index (χ3v) is 3.53. The maximum absolute atomic E-state index is 11.2. The molecule has 1 saturated carbocycles. The van der Waals surface area contributed by atoms with Crippen LogP contribution in [0.1, 0.15) is 53.5 Å². The van der Waals surface area contributed by atoms with Crippen molar-refractivity contribution in [2.45, 2.75) is 39.2 Å². The average molecular weight is 235 g/mol. The zero-order valence-electron chi connectivity index (χ0n) is 9.98. The summed E-state index contributed by atoms with van der Waals surface area (Å²) in [4.78, 5) is 22.3. The zero-order chi connectivity index (χ0) is 12.4. The number of rotatable bonds is 5. The minimum Gasteiger partial charge on any atom is -0.477 e. The van der Waals surface area contributed by atoms with E-state index in [9.17, 15) is 9.59 Å². The molecule has 0 spiro atoms. The van der Waals surface area contributed by atoms with Crippen molar-refractivity contribution in [3.63, 3.8) is 0 Å². The van der Waals surface area contributed by atoms with E-state index in [0.717, 1.165) is 12.3 Å². The minimum absolute atomic E-state index is 0.0881. The van der Waals surface area contributed by atoms with Crippen molar-refractivity contribution in [1.82, 2.24) is 4.57 Å². The molecule has 0 amide bonds. The average Bonchev–Trinajstić information content (AvgIpc) is 2.59. The number of aryl methyl sites for hydroxylation is 1. The minimum atomic E-state index is -0.967. The molecule has 92 valence electrons. The first-order chi connectivity index (χ1) is 8.08. The quantitative estimate of drug-likeness (QED) is 0.798. The van der Waals surface area contributed by atoms with Gasteiger partial charge in [0.25, 0.3) is 0 Å². The predicted molar refractivity (Wildman–Crippen MR) is 63.4 cm³/mol. The Balaban J connectivity index is 2.12. The molecule has 4 heteroatoms. The molecule has 1 aromatic heterocycles. The molecule has 1 N–H and O–H groups in total. The van der Waals surface area contributed by atoms with Crippen LogP contribution in [-0.2, 0) is 6.54 Å². The second-order valence-corrected chi connectivity index (χ2v) is 4.75. The van der Waals surface area contributed by atoms with Crippen molar-refractivity contribution in [2.24, 2.45) is 5.92 Å². The van der Waals surface area contributed by atoms with Crippen LogP contribution in [-0.4, -0.2) is 21.4 Å². The Morgan fingerprint density at radius 2 is 2.18 bits per heavy atom. The highest BCUT2D eigenvalue weighted by atomic mass is 16.4. The fourth-order valence-corrected chi connectivity index (χ4v) is 2.17. The monoisotopic (exact) mass is 235 g/mol. The summed E-state index contributed by atoms with van der Waals surface area (Å²) in [6, 6.07) is 1.46. The molecule has 1 aromatic rings. The van der Waals surface area contributed by atoms with Gasteiger partial charge in [-0.25, -0.2) is 4.79 Å². The smallest absolute Gasteiger partial charge is 0.352 e.